The molecule has 0 saturated heterocycles. The maximum atomic E-state index is 11.9. The van der Waals surface area contributed by atoms with Gasteiger partial charge in [0.15, 0.2) is 0 Å². The molecular formula is C13H17NO3. The summed E-state index contributed by atoms with van der Waals surface area (Å²) >= 11 is 0. The number of aryl methyl sites for hydroxylation is 2. The van der Waals surface area contributed by atoms with Crippen molar-refractivity contribution in [3.05, 3.63) is 34.9 Å². The molecule has 1 rings (SSSR count). The quantitative estimate of drug-likeness (QED) is 0.837. The van der Waals surface area contributed by atoms with Gasteiger partial charge in [-0.25, -0.2) is 4.79 Å². The van der Waals surface area contributed by atoms with Crippen LogP contribution in [0, 0.1) is 13.8 Å². The third-order valence-electron chi connectivity index (χ3n) is 2.64. The molecule has 1 atom stereocenters. The summed E-state index contributed by atoms with van der Waals surface area (Å²) in [6, 6.07) is 4.62. The summed E-state index contributed by atoms with van der Waals surface area (Å²) in [4.78, 5) is 22.7. The topological polar surface area (TPSA) is 66.4 Å². The second kappa shape index (κ2) is 5.48. The van der Waals surface area contributed by atoms with Gasteiger partial charge in [0.25, 0.3) is 5.91 Å². The first-order chi connectivity index (χ1) is 7.95. The fraction of sp³-hybridized carbons (Fsp3) is 0.385. The van der Waals surface area contributed by atoms with Crippen molar-refractivity contribution in [3.8, 4) is 0 Å². The second-order valence-corrected chi connectivity index (χ2v) is 4.09. The van der Waals surface area contributed by atoms with Gasteiger partial charge in [0.05, 0.1) is 0 Å². The Morgan fingerprint density at radius 2 is 2.00 bits per heavy atom. The summed E-state index contributed by atoms with van der Waals surface area (Å²) in [6.07, 6.45) is 0.367. The minimum absolute atomic E-state index is 0.336. The Balaban J connectivity index is 2.86. The molecule has 1 aromatic carbocycles. The smallest absolute Gasteiger partial charge is 0.326 e. The summed E-state index contributed by atoms with van der Waals surface area (Å²) in [7, 11) is 0. The van der Waals surface area contributed by atoms with Crippen LogP contribution in [0.2, 0.25) is 0 Å². The summed E-state index contributed by atoms with van der Waals surface area (Å²) in [5.74, 6) is -1.35. The first-order valence-electron chi connectivity index (χ1n) is 5.56. The molecule has 92 valence electrons. The number of aliphatic carboxylic acids is 1. The summed E-state index contributed by atoms with van der Waals surface area (Å²) in [6.45, 7) is 5.51. The molecular weight excluding hydrogens is 218 g/mol. The molecule has 0 aromatic heterocycles. The number of amides is 1. The highest BCUT2D eigenvalue weighted by Gasteiger charge is 2.19. The van der Waals surface area contributed by atoms with Crippen LogP contribution < -0.4 is 5.32 Å². The average Bonchev–Trinajstić information content (AvgIpc) is 2.24. The number of hydrogen-bond donors (Lipinski definition) is 2. The lowest BCUT2D eigenvalue weighted by Gasteiger charge is -2.13. The van der Waals surface area contributed by atoms with Crippen LogP contribution in [0.15, 0.2) is 18.2 Å². The first kappa shape index (κ1) is 13.2. The van der Waals surface area contributed by atoms with Crippen molar-refractivity contribution < 1.29 is 14.7 Å². The van der Waals surface area contributed by atoms with Crippen molar-refractivity contribution in [1.82, 2.24) is 5.32 Å². The monoisotopic (exact) mass is 235 g/mol. The van der Waals surface area contributed by atoms with E-state index in [9.17, 15) is 9.59 Å². The number of carbonyl (C=O) groups is 2. The Bertz CT molecular complexity index is 440. The lowest BCUT2D eigenvalue weighted by atomic mass is 10.0. The molecule has 0 aliphatic carbocycles. The van der Waals surface area contributed by atoms with E-state index in [1.807, 2.05) is 26.0 Å². The van der Waals surface area contributed by atoms with Crippen LogP contribution in [0.25, 0.3) is 0 Å². The average molecular weight is 235 g/mol. The van der Waals surface area contributed by atoms with Crippen LogP contribution in [0.5, 0.6) is 0 Å². The molecule has 0 heterocycles. The van der Waals surface area contributed by atoms with Gasteiger partial charge in [0.1, 0.15) is 6.04 Å². The number of rotatable bonds is 4. The minimum Gasteiger partial charge on any atom is -0.480 e. The number of benzene rings is 1. The van der Waals surface area contributed by atoms with Gasteiger partial charge in [-0.1, -0.05) is 24.6 Å². The molecule has 0 spiro atoms. The van der Waals surface area contributed by atoms with Gasteiger partial charge in [-0.15, -0.1) is 0 Å². The van der Waals surface area contributed by atoms with Crippen molar-refractivity contribution in [2.45, 2.75) is 33.2 Å². The maximum absolute atomic E-state index is 11.9. The van der Waals surface area contributed by atoms with Gasteiger partial charge in [-0.3, -0.25) is 4.79 Å². The fourth-order valence-electron chi connectivity index (χ4n) is 1.64. The van der Waals surface area contributed by atoms with E-state index in [2.05, 4.69) is 5.32 Å². The van der Waals surface area contributed by atoms with E-state index in [0.29, 0.717) is 12.0 Å². The molecule has 0 radical (unpaired) electrons. The highest BCUT2D eigenvalue weighted by Crippen LogP contribution is 2.10. The Labute approximate surface area is 101 Å². The molecule has 1 aromatic rings. The van der Waals surface area contributed by atoms with E-state index in [0.717, 1.165) is 11.1 Å². The molecule has 0 bridgehead atoms. The van der Waals surface area contributed by atoms with E-state index in [1.165, 1.54) is 0 Å². The Morgan fingerprint density at radius 1 is 1.35 bits per heavy atom. The Kier molecular flexibility index (Phi) is 4.26. The van der Waals surface area contributed by atoms with Gasteiger partial charge in [0.2, 0.25) is 0 Å². The van der Waals surface area contributed by atoms with E-state index in [-0.39, 0.29) is 5.91 Å². The zero-order valence-corrected chi connectivity index (χ0v) is 10.3. The Hall–Kier alpha value is -1.84. The number of carboxylic acids is 1. The third kappa shape index (κ3) is 3.31. The highest BCUT2D eigenvalue weighted by atomic mass is 16.4. The Morgan fingerprint density at radius 3 is 2.47 bits per heavy atom. The zero-order valence-electron chi connectivity index (χ0n) is 10.3. The predicted molar refractivity (Wildman–Crippen MR) is 65.1 cm³/mol. The molecule has 4 heteroatoms. The molecule has 1 amide bonds. The van der Waals surface area contributed by atoms with Crippen LogP contribution in [0.4, 0.5) is 0 Å². The number of hydrogen-bond acceptors (Lipinski definition) is 2. The third-order valence-corrected chi connectivity index (χ3v) is 2.64. The molecule has 0 fully saturated rings. The van der Waals surface area contributed by atoms with Crippen LogP contribution >= 0.6 is 0 Å². The van der Waals surface area contributed by atoms with Crippen LogP contribution in [-0.4, -0.2) is 23.0 Å². The number of nitrogens with one attached hydrogen (secondary N) is 1. The van der Waals surface area contributed by atoms with E-state index >= 15 is 0 Å². The summed E-state index contributed by atoms with van der Waals surface area (Å²) in [5, 5.41) is 11.4. The number of carbonyl (C=O) groups excluding carboxylic acids is 1. The molecule has 2 N–H and O–H groups in total. The molecule has 0 aliphatic heterocycles. The highest BCUT2D eigenvalue weighted by molar-refractivity contribution is 5.97. The van der Waals surface area contributed by atoms with Gasteiger partial charge in [-0.05, 0) is 31.9 Å². The predicted octanol–water partition coefficient (Wildman–Crippen LogP) is 1.90. The van der Waals surface area contributed by atoms with Crippen LogP contribution in [0.1, 0.15) is 34.8 Å². The minimum atomic E-state index is -1.01. The largest absolute Gasteiger partial charge is 0.480 e. The standard InChI is InChI=1S/C13H17NO3/c1-4-11(13(16)17)14-12(15)10-6-5-8(2)7-9(10)3/h5-7,11H,4H2,1-3H3,(H,14,15)(H,16,17). The summed E-state index contributed by atoms with van der Waals surface area (Å²) in [5.41, 5.74) is 2.45. The first-order valence-corrected chi connectivity index (χ1v) is 5.56. The van der Waals surface area contributed by atoms with Gasteiger partial charge in [-0.2, -0.15) is 0 Å². The molecule has 0 saturated carbocycles. The van der Waals surface area contributed by atoms with Gasteiger partial charge < -0.3 is 10.4 Å². The normalized spacial score (nSPS) is 11.9. The second-order valence-electron chi connectivity index (χ2n) is 4.09. The fourth-order valence-corrected chi connectivity index (χ4v) is 1.64. The van der Waals surface area contributed by atoms with Crippen molar-refractivity contribution >= 4 is 11.9 Å². The SMILES string of the molecule is CCC(NC(=O)c1ccc(C)cc1C)C(=O)O. The van der Waals surface area contributed by atoms with Crippen molar-refractivity contribution in [1.29, 1.82) is 0 Å². The van der Waals surface area contributed by atoms with Crippen molar-refractivity contribution in [2.24, 2.45) is 0 Å². The molecule has 4 nitrogen and oxygen atoms in total. The summed E-state index contributed by atoms with van der Waals surface area (Å²) < 4.78 is 0. The van der Waals surface area contributed by atoms with Crippen LogP contribution in [0.3, 0.4) is 0 Å². The van der Waals surface area contributed by atoms with Gasteiger partial charge in [0, 0.05) is 5.56 Å². The molecule has 0 aliphatic rings. The lowest BCUT2D eigenvalue weighted by molar-refractivity contribution is -0.139. The maximum Gasteiger partial charge on any atom is 0.326 e. The molecule has 17 heavy (non-hydrogen) atoms. The lowest BCUT2D eigenvalue weighted by Crippen LogP contribution is -2.40. The van der Waals surface area contributed by atoms with E-state index in [1.54, 1.807) is 13.0 Å². The van der Waals surface area contributed by atoms with E-state index < -0.39 is 12.0 Å². The van der Waals surface area contributed by atoms with Crippen molar-refractivity contribution in [2.75, 3.05) is 0 Å². The zero-order chi connectivity index (χ0) is 13.0. The van der Waals surface area contributed by atoms with Gasteiger partial charge >= 0.3 is 5.97 Å². The van der Waals surface area contributed by atoms with Crippen LogP contribution in [-0.2, 0) is 4.79 Å². The van der Waals surface area contributed by atoms with E-state index in [4.69, 9.17) is 5.11 Å². The molecule has 1 unspecified atom stereocenters. The number of carboxylic acid groups (broad SMARTS) is 1. The van der Waals surface area contributed by atoms with Crippen molar-refractivity contribution in [3.63, 3.8) is 0 Å².